The highest BCUT2D eigenvalue weighted by molar-refractivity contribution is 7.98. The Morgan fingerprint density at radius 1 is 1.43 bits per heavy atom. The van der Waals surface area contributed by atoms with Crippen LogP contribution in [0, 0.1) is 0 Å². The van der Waals surface area contributed by atoms with Gasteiger partial charge in [0.2, 0.25) is 5.91 Å². The molecule has 21 heavy (non-hydrogen) atoms. The Labute approximate surface area is 132 Å². The average Bonchev–Trinajstić information content (AvgIpc) is 2.51. The summed E-state index contributed by atoms with van der Waals surface area (Å²) in [6.07, 6.45) is 3.50. The molecule has 1 aromatic carbocycles. The normalized spacial score (nSPS) is 12.0. The Kier molecular flexibility index (Phi) is 8.23. The zero-order chi connectivity index (χ0) is 15.7. The summed E-state index contributed by atoms with van der Waals surface area (Å²) < 4.78 is 5.36. The van der Waals surface area contributed by atoms with Crippen molar-refractivity contribution in [3.63, 3.8) is 0 Å². The predicted octanol–water partition coefficient (Wildman–Crippen LogP) is 2.81. The summed E-state index contributed by atoms with van der Waals surface area (Å²) in [5, 5.41) is 6.25. The molecule has 5 heteroatoms. The molecule has 0 aliphatic heterocycles. The van der Waals surface area contributed by atoms with Crippen molar-refractivity contribution in [2.45, 2.75) is 44.2 Å². The van der Waals surface area contributed by atoms with Crippen LogP contribution in [0.2, 0.25) is 0 Å². The van der Waals surface area contributed by atoms with Gasteiger partial charge in [-0.05, 0) is 37.3 Å². The van der Waals surface area contributed by atoms with Crippen LogP contribution in [0.4, 0.5) is 0 Å². The number of nitrogens with one attached hydrogen (secondary N) is 2. The van der Waals surface area contributed by atoms with Crippen LogP contribution in [-0.4, -0.2) is 31.9 Å². The van der Waals surface area contributed by atoms with Crippen molar-refractivity contribution in [3.8, 4) is 5.75 Å². The van der Waals surface area contributed by atoms with Gasteiger partial charge in [-0.2, -0.15) is 0 Å². The monoisotopic (exact) mass is 310 g/mol. The number of carbonyl (C=O) groups excluding carboxylic acids is 1. The first-order valence-electron chi connectivity index (χ1n) is 7.31. The lowest BCUT2D eigenvalue weighted by Crippen LogP contribution is -2.33. The van der Waals surface area contributed by atoms with E-state index in [0.717, 1.165) is 29.2 Å². The van der Waals surface area contributed by atoms with Crippen LogP contribution >= 0.6 is 11.8 Å². The molecule has 4 nitrogen and oxygen atoms in total. The van der Waals surface area contributed by atoms with E-state index < -0.39 is 0 Å². The zero-order valence-electron chi connectivity index (χ0n) is 13.4. The van der Waals surface area contributed by atoms with Crippen molar-refractivity contribution in [1.82, 2.24) is 10.6 Å². The third-order valence-electron chi connectivity index (χ3n) is 3.33. The predicted molar refractivity (Wildman–Crippen MR) is 89.0 cm³/mol. The minimum Gasteiger partial charge on any atom is -0.496 e. The Morgan fingerprint density at radius 3 is 2.81 bits per heavy atom. The van der Waals surface area contributed by atoms with Gasteiger partial charge in [0.05, 0.1) is 7.11 Å². The lowest BCUT2D eigenvalue weighted by Gasteiger charge is -2.12. The van der Waals surface area contributed by atoms with E-state index in [1.807, 2.05) is 19.2 Å². The van der Waals surface area contributed by atoms with E-state index in [1.54, 1.807) is 18.9 Å². The second-order valence-corrected chi connectivity index (χ2v) is 5.84. The number of hydrogen-bond donors (Lipinski definition) is 2. The highest BCUT2D eigenvalue weighted by Gasteiger charge is 2.06. The third-order valence-corrected chi connectivity index (χ3v) is 4.10. The van der Waals surface area contributed by atoms with Gasteiger partial charge in [-0.1, -0.05) is 13.0 Å². The van der Waals surface area contributed by atoms with E-state index in [2.05, 4.69) is 29.7 Å². The summed E-state index contributed by atoms with van der Waals surface area (Å²) in [6.45, 7) is 5.50. The summed E-state index contributed by atoms with van der Waals surface area (Å²) in [4.78, 5) is 12.8. The molecule has 1 aromatic rings. The minimum absolute atomic E-state index is 0.104. The summed E-state index contributed by atoms with van der Waals surface area (Å²) >= 11 is 1.67. The molecule has 1 atom stereocenters. The number of amides is 1. The maximum absolute atomic E-state index is 11.6. The second kappa shape index (κ2) is 9.68. The topological polar surface area (TPSA) is 50.4 Å². The van der Waals surface area contributed by atoms with Crippen LogP contribution < -0.4 is 15.4 Å². The molecule has 0 aliphatic rings. The molecule has 0 fully saturated rings. The van der Waals surface area contributed by atoms with Crippen LogP contribution in [0.15, 0.2) is 23.1 Å². The molecule has 1 rings (SSSR count). The number of methoxy groups -OCH3 is 1. The number of hydrogen-bond acceptors (Lipinski definition) is 4. The van der Waals surface area contributed by atoms with E-state index in [4.69, 9.17) is 4.74 Å². The number of benzene rings is 1. The zero-order valence-corrected chi connectivity index (χ0v) is 14.2. The fourth-order valence-electron chi connectivity index (χ4n) is 1.87. The van der Waals surface area contributed by atoms with Crippen LogP contribution in [0.1, 0.15) is 32.3 Å². The molecule has 0 unspecified atom stereocenters. The number of rotatable bonds is 9. The molecule has 0 aliphatic carbocycles. The van der Waals surface area contributed by atoms with Crippen LogP contribution in [0.3, 0.4) is 0 Å². The molecule has 0 bridgehead atoms. The van der Waals surface area contributed by atoms with Gasteiger partial charge in [0.25, 0.3) is 0 Å². The Balaban J connectivity index is 2.34. The molecule has 0 spiro atoms. The fourth-order valence-corrected chi connectivity index (χ4v) is 2.42. The second-order valence-electron chi connectivity index (χ2n) is 4.99. The summed E-state index contributed by atoms with van der Waals surface area (Å²) in [5.41, 5.74) is 1.16. The summed E-state index contributed by atoms with van der Waals surface area (Å²) in [7, 11) is 1.69. The quantitative estimate of drug-likeness (QED) is 0.544. The van der Waals surface area contributed by atoms with E-state index in [-0.39, 0.29) is 11.9 Å². The highest BCUT2D eigenvalue weighted by Crippen LogP contribution is 2.28. The molecule has 0 saturated carbocycles. The van der Waals surface area contributed by atoms with Crippen molar-refractivity contribution in [3.05, 3.63) is 23.8 Å². The molecule has 2 N–H and O–H groups in total. The molecule has 0 heterocycles. The van der Waals surface area contributed by atoms with Gasteiger partial charge in [-0.3, -0.25) is 4.79 Å². The summed E-state index contributed by atoms with van der Waals surface area (Å²) in [6, 6.07) is 6.44. The lowest BCUT2D eigenvalue weighted by molar-refractivity contribution is -0.121. The van der Waals surface area contributed by atoms with E-state index in [1.165, 1.54) is 0 Å². The van der Waals surface area contributed by atoms with Gasteiger partial charge in [0.1, 0.15) is 5.75 Å². The first-order valence-corrected chi connectivity index (χ1v) is 8.54. The minimum atomic E-state index is 0.104. The van der Waals surface area contributed by atoms with Gasteiger partial charge in [0.15, 0.2) is 0 Å². The molecule has 0 radical (unpaired) electrons. The molecule has 118 valence electrons. The molecule has 0 saturated heterocycles. The van der Waals surface area contributed by atoms with Gasteiger partial charge in [0, 0.05) is 30.4 Å². The highest BCUT2D eigenvalue weighted by atomic mass is 32.2. The van der Waals surface area contributed by atoms with Crippen molar-refractivity contribution in [2.24, 2.45) is 0 Å². The molecular formula is C16H26N2O2S. The van der Waals surface area contributed by atoms with Crippen LogP contribution in [0.5, 0.6) is 5.75 Å². The number of carbonyl (C=O) groups is 1. The largest absolute Gasteiger partial charge is 0.496 e. The SMILES string of the molecule is CC[C@H](C)NC(=O)CCNCc1ccc(SC)c(OC)c1. The van der Waals surface area contributed by atoms with E-state index >= 15 is 0 Å². The Hall–Kier alpha value is -1.20. The lowest BCUT2D eigenvalue weighted by atomic mass is 10.2. The smallest absolute Gasteiger partial charge is 0.221 e. The van der Waals surface area contributed by atoms with Gasteiger partial charge in [-0.15, -0.1) is 11.8 Å². The van der Waals surface area contributed by atoms with Gasteiger partial charge < -0.3 is 15.4 Å². The first-order chi connectivity index (χ1) is 10.1. The van der Waals surface area contributed by atoms with Crippen molar-refractivity contribution < 1.29 is 9.53 Å². The van der Waals surface area contributed by atoms with E-state index in [0.29, 0.717) is 13.0 Å². The van der Waals surface area contributed by atoms with Crippen LogP contribution in [0.25, 0.3) is 0 Å². The summed E-state index contributed by atoms with van der Waals surface area (Å²) in [5.74, 6) is 1.00. The van der Waals surface area contributed by atoms with E-state index in [9.17, 15) is 4.79 Å². The maximum atomic E-state index is 11.6. The maximum Gasteiger partial charge on any atom is 0.221 e. The van der Waals surface area contributed by atoms with Gasteiger partial charge in [-0.25, -0.2) is 0 Å². The van der Waals surface area contributed by atoms with Crippen LogP contribution in [-0.2, 0) is 11.3 Å². The van der Waals surface area contributed by atoms with Crippen molar-refractivity contribution in [2.75, 3.05) is 19.9 Å². The van der Waals surface area contributed by atoms with Crippen molar-refractivity contribution >= 4 is 17.7 Å². The molecular weight excluding hydrogens is 284 g/mol. The van der Waals surface area contributed by atoms with Gasteiger partial charge >= 0.3 is 0 Å². The number of thioether (sulfide) groups is 1. The molecule has 1 amide bonds. The average molecular weight is 310 g/mol. The fraction of sp³-hybridized carbons (Fsp3) is 0.562. The molecule has 0 aromatic heterocycles. The standard InChI is InChI=1S/C16H26N2O2S/c1-5-12(2)18-16(19)8-9-17-11-13-6-7-15(21-4)14(10-13)20-3/h6-7,10,12,17H,5,8-9,11H2,1-4H3,(H,18,19)/t12-/m0/s1. The number of ether oxygens (including phenoxy) is 1. The van der Waals surface area contributed by atoms with Crippen molar-refractivity contribution in [1.29, 1.82) is 0 Å². The first kappa shape index (κ1) is 17.9. The Morgan fingerprint density at radius 2 is 2.19 bits per heavy atom. The Bertz CT molecular complexity index is 452. The third kappa shape index (κ3) is 6.40.